The summed E-state index contributed by atoms with van der Waals surface area (Å²) in [6, 6.07) is 0. The van der Waals surface area contributed by atoms with Gasteiger partial charge in [0.25, 0.3) is 0 Å². The zero-order chi connectivity index (χ0) is 20.9. The fourth-order valence-corrected chi connectivity index (χ4v) is 15.2. The number of rotatable bonds is 2. The smallest absolute Gasteiger partial charge is 0.0651 e. The minimum Gasteiger partial charge on any atom is -0.141 e. The minimum absolute atomic E-state index is 1.22. The maximum absolute atomic E-state index is 3.93. The van der Waals surface area contributed by atoms with E-state index in [1.54, 1.807) is 0 Å². The fourth-order valence-electron chi connectivity index (χ4n) is 3.33. The Morgan fingerprint density at radius 2 is 0.833 bits per heavy atom. The van der Waals surface area contributed by atoms with E-state index in [9.17, 15) is 0 Å². The highest BCUT2D eigenvalue weighted by Gasteiger charge is 2.25. The molecule has 0 radical (unpaired) electrons. The Morgan fingerprint density at radius 3 is 1.17 bits per heavy atom. The van der Waals surface area contributed by atoms with E-state index in [1.165, 1.54) is 76.7 Å². The van der Waals surface area contributed by atoms with Crippen LogP contribution in [0.25, 0.3) is 47.7 Å². The summed E-state index contributed by atoms with van der Waals surface area (Å²) in [7, 11) is 0. The second-order valence-electron chi connectivity index (χ2n) is 6.79. The van der Waals surface area contributed by atoms with Crippen LogP contribution < -0.4 is 0 Å². The molecule has 0 unspecified atom stereocenters. The average Bonchev–Trinajstić information content (AvgIpc) is 3.51. The third-order valence-electron chi connectivity index (χ3n) is 4.86. The van der Waals surface area contributed by atoms with Gasteiger partial charge in [0.05, 0.1) is 56.7 Å². The van der Waals surface area contributed by atoms with Gasteiger partial charge in [0.15, 0.2) is 0 Å². The van der Waals surface area contributed by atoms with Crippen molar-refractivity contribution >= 4 is 160 Å². The molecule has 0 nitrogen and oxygen atoms in total. The first-order valence-corrected chi connectivity index (χ1v) is 16.8. The van der Waals surface area contributed by atoms with Gasteiger partial charge in [-0.2, -0.15) is 0 Å². The van der Waals surface area contributed by atoms with Gasteiger partial charge in [-0.1, -0.05) is 0 Å². The summed E-state index contributed by atoms with van der Waals surface area (Å²) in [6.45, 7) is 4.31. The van der Waals surface area contributed by atoms with Crippen molar-refractivity contribution in [1.29, 1.82) is 0 Å². The molecule has 0 N–H and O–H groups in total. The molecule has 6 rings (SSSR count). The highest BCUT2D eigenvalue weighted by atomic mass is 79.9. The van der Waals surface area contributed by atoms with Crippen molar-refractivity contribution in [3.8, 4) is 19.5 Å². The van der Waals surface area contributed by atoms with Crippen LogP contribution in [0.1, 0.15) is 11.1 Å². The molecule has 30 heavy (non-hydrogen) atoms. The molecule has 0 aliphatic heterocycles. The topological polar surface area (TPSA) is 0 Å². The molecule has 0 fully saturated rings. The lowest BCUT2D eigenvalue weighted by atomic mass is 10.3. The van der Waals surface area contributed by atoms with E-state index in [-0.39, 0.29) is 0 Å². The summed E-state index contributed by atoms with van der Waals surface area (Å²) in [5.41, 5.74) is 2.60. The molecular weight excluding hydrogens is 752 g/mol. The van der Waals surface area contributed by atoms with Crippen molar-refractivity contribution in [2.75, 3.05) is 0 Å². The highest BCUT2D eigenvalue weighted by molar-refractivity contribution is 9.11. The molecule has 0 spiro atoms. The molecule has 152 valence electrons. The van der Waals surface area contributed by atoms with Gasteiger partial charge in [-0.05, 0) is 99.5 Å². The molecule has 0 bridgehead atoms. The molecule has 6 aromatic rings. The molecular formula is C20H8Br4S6. The molecule has 6 heterocycles. The van der Waals surface area contributed by atoms with Gasteiger partial charge in [-0.15, -0.1) is 68.0 Å². The first-order valence-electron chi connectivity index (χ1n) is 8.60. The molecule has 0 aliphatic rings. The Hall–Kier alpha value is 0.900. The summed E-state index contributed by atoms with van der Waals surface area (Å²) in [6.07, 6.45) is 0. The SMILES string of the molecule is Cc1csc(-c2sc3c(sc4c5sc(-c6scc(C)c6Br)c(Br)c5sc34)c2Br)c1Br. The summed E-state index contributed by atoms with van der Waals surface area (Å²) in [5, 5.41) is 4.44. The minimum atomic E-state index is 1.22. The van der Waals surface area contributed by atoms with Gasteiger partial charge in [0.1, 0.15) is 0 Å². The van der Waals surface area contributed by atoms with Crippen LogP contribution in [-0.2, 0) is 0 Å². The van der Waals surface area contributed by atoms with E-state index in [2.05, 4.69) is 88.3 Å². The van der Waals surface area contributed by atoms with Crippen LogP contribution in [-0.4, -0.2) is 0 Å². The fraction of sp³-hybridized carbons (Fsp3) is 0.100. The van der Waals surface area contributed by atoms with Gasteiger partial charge in [0.2, 0.25) is 0 Å². The highest BCUT2D eigenvalue weighted by Crippen LogP contribution is 2.58. The molecule has 0 aliphatic carbocycles. The first-order chi connectivity index (χ1) is 14.4. The average molecular weight is 760 g/mol. The predicted octanol–water partition coefficient (Wildman–Crippen LogP) is 12.5. The monoisotopic (exact) mass is 756 g/mol. The number of thiophene rings is 6. The van der Waals surface area contributed by atoms with Gasteiger partial charge < -0.3 is 0 Å². The van der Waals surface area contributed by atoms with Crippen molar-refractivity contribution in [2.45, 2.75) is 13.8 Å². The zero-order valence-corrected chi connectivity index (χ0v) is 26.4. The standard InChI is InChI=1S/C20H8Br4S6/c1-5-3-25-11(7(5)21)13-9(23)15-17(27-13)19-20(29-15)18-16(30-19)10(24)14(28-18)12-8(22)6(2)4-26-12/h3-4H,1-2H3. The van der Waals surface area contributed by atoms with Crippen LogP contribution in [0.2, 0.25) is 0 Å². The van der Waals surface area contributed by atoms with E-state index >= 15 is 0 Å². The Morgan fingerprint density at radius 1 is 0.467 bits per heavy atom. The zero-order valence-electron chi connectivity index (χ0n) is 15.1. The van der Waals surface area contributed by atoms with Crippen molar-refractivity contribution in [3.63, 3.8) is 0 Å². The normalized spacial score (nSPS) is 12.3. The Kier molecular flexibility index (Phi) is 5.51. The van der Waals surface area contributed by atoms with E-state index in [0.717, 1.165) is 0 Å². The van der Waals surface area contributed by atoms with Crippen LogP contribution in [0.4, 0.5) is 0 Å². The van der Waals surface area contributed by atoms with Crippen LogP contribution in [0.15, 0.2) is 28.7 Å². The summed E-state index contributed by atoms with van der Waals surface area (Å²) >= 11 is 26.7. The second kappa shape index (κ2) is 7.71. The molecule has 0 amide bonds. The number of hydrogen-bond acceptors (Lipinski definition) is 6. The third kappa shape index (κ3) is 2.98. The Labute approximate surface area is 230 Å². The number of fused-ring (bicyclic) bond motifs is 5. The van der Waals surface area contributed by atoms with E-state index in [0.29, 0.717) is 0 Å². The molecule has 6 aromatic heterocycles. The number of aryl methyl sites for hydroxylation is 2. The largest absolute Gasteiger partial charge is 0.141 e. The second-order valence-corrected chi connectivity index (χ2v) is 15.8. The third-order valence-corrected chi connectivity index (χ3v) is 18.1. The van der Waals surface area contributed by atoms with E-state index in [4.69, 9.17) is 0 Å². The van der Waals surface area contributed by atoms with E-state index in [1.807, 2.05) is 68.0 Å². The lowest BCUT2D eigenvalue weighted by Crippen LogP contribution is -1.69. The Bertz CT molecular complexity index is 1490. The lowest BCUT2D eigenvalue weighted by Gasteiger charge is -1.97. The number of halogens is 4. The summed E-state index contributed by atoms with van der Waals surface area (Å²) in [5.74, 6) is 0. The summed E-state index contributed by atoms with van der Waals surface area (Å²) < 4.78 is 13.3. The van der Waals surface area contributed by atoms with Gasteiger partial charge in [0, 0.05) is 8.95 Å². The maximum Gasteiger partial charge on any atom is 0.0651 e. The molecule has 0 atom stereocenters. The Balaban J connectivity index is 1.60. The van der Waals surface area contributed by atoms with Crippen LogP contribution >= 0.6 is 132 Å². The molecule has 0 saturated carbocycles. The molecule has 0 saturated heterocycles. The van der Waals surface area contributed by atoms with Crippen molar-refractivity contribution in [1.82, 2.24) is 0 Å². The van der Waals surface area contributed by atoms with Gasteiger partial charge >= 0.3 is 0 Å². The molecule has 10 heteroatoms. The quantitative estimate of drug-likeness (QED) is 0.165. The number of hydrogen-bond donors (Lipinski definition) is 0. The van der Waals surface area contributed by atoms with Gasteiger partial charge in [-0.3, -0.25) is 0 Å². The van der Waals surface area contributed by atoms with Crippen LogP contribution in [0.3, 0.4) is 0 Å². The lowest BCUT2D eigenvalue weighted by molar-refractivity contribution is 1.52. The first kappa shape index (κ1) is 21.4. The predicted molar refractivity (Wildman–Crippen MR) is 157 cm³/mol. The summed E-state index contributed by atoms with van der Waals surface area (Å²) in [4.78, 5) is 5.30. The van der Waals surface area contributed by atoms with Crippen molar-refractivity contribution in [3.05, 3.63) is 39.8 Å². The van der Waals surface area contributed by atoms with E-state index < -0.39 is 0 Å². The maximum atomic E-state index is 3.93. The molecule has 0 aromatic carbocycles. The van der Waals surface area contributed by atoms with Gasteiger partial charge in [-0.25, -0.2) is 0 Å². The van der Waals surface area contributed by atoms with Crippen molar-refractivity contribution in [2.24, 2.45) is 0 Å². The van der Waals surface area contributed by atoms with Crippen LogP contribution in [0, 0.1) is 13.8 Å². The van der Waals surface area contributed by atoms with Crippen LogP contribution in [0.5, 0.6) is 0 Å². The van der Waals surface area contributed by atoms with Crippen molar-refractivity contribution < 1.29 is 0 Å².